The summed E-state index contributed by atoms with van der Waals surface area (Å²) in [7, 11) is 0. The number of carbonyl (C=O) groups excluding carboxylic acids is 1. The largest absolute Gasteiger partial charge is 0.481 e. The molecule has 1 aromatic carbocycles. The maximum Gasteiger partial charge on any atom is 0.260 e. The van der Waals surface area contributed by atoms with E-state index >= 15 is 0 Å². The van der Waals surface area contributed by atoms with E-state index < -0.39 is 6.10 Å². The minimum absolute atomic E-state index is 0.0700. The van der Waals surface area contributed by atoms with Crippen LogP contribution in [0.4, 0.5) is 0 Å². The molecule has 0 unspecified atom stereocenters. The van der Waals surface area contributed by atoms with Gasteiger partial charge in [-0.05, 0) is 38.3 Å². The number of nitrogens with one attached hydrogen (secondary N) is 1. The molecular weight excluding hydrogens is 226 g/mol. The number of aryl methyl sites for hydroxylation is 1. The highest BCUT2D eigenvalue weighted by atomic mass is 16.5. The first kappa shape index (κ1) is 14.6. The van der Waals surface area contributed by atoms with Crippen LogP contribution < -0.4 is 10.1 Å². The van der Waals surface area contributed by atoms with Gasteiger partial charge in [0.05, 0.1) is 0 Å². The summed E-state index contributed by atoms with van der Waals surface area (Å²) < 4.78 is 5.68. The highest BCUT2D eigenvalue weighted by Crippen LogP contribution is 2.17. The van der Waals surface area contributed by atoms with Crippen molar-refractivity contribution in [1.82, 2.24) is 5.32 Å². The number of benzene rings is 1. The number of para-hydroxylation sites is 1. The Morgan fingerprint density at radius 1 is 1.17 bits per heavy atom. The Labute approximate surface area is 110 Å². The van der Waals surface area contributed by atoms with Gasteiger partial charge >= 0.3 is 0 Å². The van der Waals surface area contributed by atoms with Crippen LogP contribution in [0.25, 0.3) is 0 Å². The third kappa shape index (κ3) is 4.06. The summed E-state index contributed by atoms with van der Waals surface area (Å²) in [5.41, 5.74) is 1.04. The molecule has 1 amide bonds. The molecule has 1 aromatic rings. The van der Waals surface area contributed by atoms with Crippen molar-refractivity contribution in [3.8, 4) is 5.75 Å². The first-order chi connectivity index (χ1) is 8.41. The van der Waals surface area contributed by atoms with Gasteiger partial charge in [0.1, 0.15) is 5.75 Å². The number of rotatable bonds is 5. The van der Waals surface area contributed by atoms with E-state index in [2.05, 4.69) is 19.2 Å². The Kier molecular flexibility index (Phi) is 5.20. The lowest BCUT2D eigenvalue weighted by Gasteiger charge is -2.21. The van der Waals surface area contributed by atoms with Crippen LogP contribution in [0.1, 0.15) is 33.3 Å². The molecule has 0 saturated carbocycles. The van der Waals surface area contributed by atoms with E-state index in [-0.39, 0.29) is 11.9 Å². The van der Waals surface area contributed by atoms with Crippen LogP contribution in [0.15, 0.2) is 24.3 Å². The van der Waals surface area contributed by atoms with E-state index in [0.717, 1.165) is 11.3 Å². The van der Waals surface area contributed by atoms with Gasteiger partial charge in [0, 0.05) is 6.04 Å². The van der Waals surface area contributed by atoms with E-state index in [0.29, 0.717) is 5.92 Å². The SMILES string of the molecule is Cc1ccccc1O[C@@H](C)C(=O)N[C@H](C)C(C)C. The van der Waals surface area contributed by atoms with Gasteiger partial charge in [0.2, 0.25) is 0 Å². The van der Waals surface area contributed by atoms with Crippen molar-refractivity contribution < 1.29 is 9.53 Å². The van der Waals surface area contributed by atoms with Crippen LogP contribution in [0, 0.1) is 12.8 Å². The minimum Gasteiger partial charge on any atom is -0.481 e. The molecule has 0 aliphatic carbocycles. The fourth-order valence-electron chi connectivity index (χ4n) is 1.44. The summed E-state index contributed by atoms with van der Waals surface area (Å²) >= 11 is 0. The molecule has 100 valence electrons. The van der Waals surface area contributed by atoms with Gasteiger partial charge in [0.25, 0.3) is 5.91 Å². The molecule has 3 nitrogen and oxygen atoms in total. The number of carbonyl (C=O) groups is 1. The van der Waals surface area contributed by atoms with Gasteiger partial charge < -0.3 is 10.1 Å². The summed E-state index contributed by atoms with van der Waals surface area (Å²) in [6.07, 6.45) is -0.479. The van der Waals surface area contributed by atoms with Gasteiger partial charge in [-0.2, -0.15) is 0 Å². The quantitative estimate of drug-likeness (QED) is 0.871. The molecule has 18 heavy (non-hydrogen) atoms. The highest BCUT2D eigenvalue weighted by molar-refractivity contribution is 5.81. The summed E-state index contributed by atoms with van der Waals surface area (Å²) in [4.78, 5) is 11.9. The third-order valence-electron chi connectivity index (χ3n) is 3.14. The molecule has 0 spiro atoms. The molecule has 0 saturated heterocycles. The molecule has 0 heterocycles. The van der Waals surface area contributed by atoms with Gasteiger partial charge in [-0.15, -0.1) is 0 Å². The van der Waals surface area contributed by atoms with E-state index in [1.165, 1.54) is 0 Å². The highest BCUT2D eigenvalue weighted by Gasteiger charge is 2.18. The van der Waals surface area contributed by atoms with Crippen molar-refractivity contribution in [2.24, 2.45) is 5.92 Å². The van der Waals surface area contributed by atoms with Crippen LogP contribution in [0.2, 0.25) is 0 Å². The van der Waals surface area contributed by atoms with Crippen molar-refractivity contribution in [3.63, 3.8) is 0 Å². The molecule has 0 radical (unpaired) electrons. The zero-order valence-corrected chi connectivity index (χ0v) is 11.9. The molecule has 0 bridgehead atoms. The van der Waals surface area contributed by atoms with E-state index in [1.807, 2.05) is 38.1 Å². The molecule has 0 aliphatic rings. The molecule has 1 N–H and O–H groups in total. The zero-order valence-electron chi connectivity index (χ0n) is 11.9. The second-order valence-corrected chi connectivity index (χ2v) is 5.07. The lowest BCUT2D eigenvalue weighted by atomic mass is 10.1. The van der Waals surface area contributed by atoms with Gasteiger partial charge in [0.15, 0.2) is 6.10 Å². The second-order valence-electron chi connectivity index (χ2n) is 5.07. The average Bonchev–Trinajstić information content (AvgIpc) is 2.31. The summed E-state index contributed by atoms with van der Waals surface area (Å²) in [6.45, 7) is 9.91. The number of hydrogen-bond donors (Lipinski definition) is 1. The molecule has 1 rings (SSSR count). The molecule has 0 aliphatic heterocycles. The Bertz CT molecular complexity index is 401. The van der Waals surface area contributed by atoms with Gasteiger partial charge in [-0.3, -0.25) is 4.79 Å². The summed E-state index contributed by atoms with van der Waals surface area (Å²) in [5.74, 6) is 1.11. The van der Waals surface area contributed by atoms with Crippen molar-refractivity contribution in [3.05, 3.63) is 29.8 Å². The van der Waals surface area contributed by atoms with E-state index in [4.69, 9.17) is 4.74 Å². The molecule has 3 heteroatoms. The molecule has 2 atom stereocenters. The number of hydrogen-bond acceptors (Lipinski definition) is 2. The maximum atomic E-state index is 11.9. The maximum absolute atomic E-state index is 11.9. The molecule has 0 fully saturated rings. The second kappa shape index (κ2) is 6.43. The first-order valence-electron chi connectivity index (χ1n) is 6.44. The number of ether oxygens (including phenoxy) is 1. The Balaban J connectivity index is 2.58. The molecule has 0 aromatic heterocycles. The predicted octanol–water partition coefficient (Wildman–Crippen LogP) is 2.92. The normalized spacial score (nSPS) is 14.1. The fourth-order valence-corrected chi connectivity index (χ4v) is 1.44. The van der Waals surface area contributed by atoms with Crippen LogP contribution >= 0.6 is 0 Å². The standard InChI is InChI=1S/C15H23NO2/c1-10(2)12(4)16-15(17)13(5)18-14-9-7-6-8-11(14)3/h6-10,12-13H,1-5H3,(H,16,17)/t12-,13+/m1/s1. The van der Waals surface area contributed by atoms with Gasteiger partial charge in [-0.1, -0.05) is 32.0 Å². The van der Waals surface area contributed by atoms with Crippen molar-refractivity contribution >= 4 is 5.91 Å². The fraction of sp³-hybridized carbons (Fsp3) is 0.533. The van der Waals surface area contributed by atoms with Gasteiger partial charge in [-0.25, -0.2) is 0 Å². The van der Waals surface area contributed by atoms with Crippen LogP contribution in [-0.2, 0) is 4.79 Å². The Morgan fingerprint density at radius 3 is 2.33 bits per heavy atom. The van der Waals surface area contributed by atoms with E-state index in [9.17, 15) is 4.79 Å². The van der Waals surface area contributed by atoms with Crippen molar-refractivity contribution in [2.45, 2.75) is 46.8 Å². The number of amides is 1. The van der Waals surface area contributed by atoms with Crippen LogP contribution in [0.5, 0.6) is 5.75 Å². The Hall–Kier alpha value is -1.51. The van der Waals surface area contributed by atoms with Crippen molar-refractivity contribution in [2.75, 3.05) is 0 Å². The smallest absolute Gasteiger partial charge is 0.260 e. The molecular formula is C15H23NO2. The average molecular weight is 249 g/mol. The zero-order chi connectivity index (χ0) is 13.7. The first-order valence-corrected chi connectivity index (χ1v) is 6.44. The summed E-state index contributed by atoms with van der Waals surface area (Å²) in [5, 5.41) is 2.95. The lowest BCUT2D eigenvalue weighted by Crippen LogP contribution is -2.43. The van der Waals surface area contributed by atoms with E-state index in [1.54, 1.807) is 6.92 Å². The van der Waals surface area contributed by atoms with Crippen molar-refractivity contribution in [1.29, 1.82) is 0 Å². The minimum atomic E-state index is -0.479. The lowest BCUT2D eigenvalue weighted by molar-refractivity contribution is -0.128. The van der Waals surface area contributed by atoms with Crippen LogP contribution in [0.3, 0.4) is 0 Å². The summed E-state index contributed by atoms with van der Waals surface area (Å²) in [6, 6.07) is 7.86. The topological polar surface area (TPSA) is 38.3 Å². The third-order valence-corrected chi connectivity index (χ3v) is 3.14. The Morgan fingerprint density at radius 2 is 1.78 bits per heavy atom. The van der Waals surface area contributed by atoms with Crippen LogP contribution in [-0.4, -0.2) is 18.1 Å². The monoisotopic (exact) mass is 249 g/mol. The predicted molar refractivity (Wildman–Crippen MR) is 73.7 cm³/mol.